The number of benzene rings is 1. The van der Waals surface area contributed by atoms with E-state index in [0.717, 1.165) is 64.9 Å². The van der Waals surface area contributed by atoms with E-state index in [1.165, 1.54) is 0 Å². The van der Waals surface area contributed by atoms with Crippen LogP contribution in [0.5, 0.6) is 0 Å². The first-order chi connectivity index (χ1) is 16.0. The van der Waals surface area contributed by atoms with Crippen molar-refractivity contribution >= 4 is 34.3 Å². The molecule has 3 heterocycles. The van der Waals surface area contributed by atoms with E-state index in [-0.39, 0.29) is 13.2 Å². The van der Waals surface area contributed by atoms with Crippen LogP contribution < -0.4 is 15.5 Å². The van der Waals surface area contributed by atoms with Crippen LogP contribution in [0, 0.1) is 6.92 Å². The molecule has 176 valence electrons. The number of fused-ring (bicyclic) bond motifs is 3. The first-order valence-corrected chi connectivity index (χ1v) is 11.5. The van der Waals surface area contributed by atoms with Gasteiger partial charge >= 0.3 is 12.2 Å². The number of hydrogen-bond acceptors (Lipinski definition) is 6. The van der Waals surface area contributed by atoms with Crippen LogP contribution in [0.1, 0.15) is 43.5 Å². The van der Waals surface area contributed by atoms with E-state index in [9.17, 15) is 9.59 Å². The molecule has 1 aliphatic heterocycles. The number of amides is 2. The van der Waals surface area contributed by atoms with Crippen molar-refractivity contribution < 1.29 is 19.1 Å². The van der Waals surface area contributed by atoms with Gasteiger partial charge in [-0.1, -0.05) is 24.3 Å². The predicted octanol–water partition coefficient (Wildman–Crippen LogP) is 3.89. The Morgan fingerprint density at radius 2 is 1.52 bits per heavy atom. The van der Waals surface area contributed by atoms with E-state index >= 15 is 0 Å². The highest BCUT2D eigenvalue weighted by molar-refractivity contribution is 6.03. The van der Waals surface area contributed by atoms with E-state index in [0.29, 0.717) is 13.1 Å². The zero-order chi connectivity index (χ0) is 23.4. The van der Waals surface area contributed by atoms with E-state index in [1.54, 1.807) is 0 Å². The van der Waals surface area contributed by atoms with E-state index in [2.05, 4.69) is 27.7 Å². The fourth-order valence-electron chi connectivity index (χ4n) is 4.40. The summed E-state index contributed by atoms with van der Waals surface area (Å²) < 4.78 is 12.9. The van der Waals surface area contributed by atoms with Gasteiger partial charge in [0.05, 0.1) is 5.52 Å². The molecule has 0 atom stereocenters. The number of rotatable bonds is 7. The number of ether oxygens (including phenoxy) is 2. The standard InChI is InChI=1S/C24H31N5O4/c1-4-25-23(30)32-14-19-16(3)29-21(20(19)15-33-24(31)26-5-2)17-10-6-7-11-18(17)22(27-29)28-12-8-9-13-28/h6-7,10-11H,4-5,8-9,12-15H2,1-3H3,(H,25,30)(H,26,31). The lowest BCUT2D eigenvalue weighted by Gasteiger charge is -2.19. The molecule has 2 amide bonds. The molecule has 1 aromatic carbocycles. The Morgan fingerprint density at radius 1 is 0.939 bits per heavy atom. The predicted molar refractivity (Wildman–Crippen MR) is 127 cm³/mol. The van der Waals surface area contributed by atoms with Gasteiger partial charge in [-0.3, -0.25) is 0 Å². The highest BCUT2D eigenvalue weighted by atomic mass is 16.6. The van der Waals surface area contributed by atoms with Gasteiger partial charge in [0.2, 0.25) is 0 Å². The van der Waals surface area contributed by atoms with E-state index in [1.807, 2.05) is 37.4 Å². The fraction of sp³-hybridized carbons (Fsp3) is 0.458. The summed E-state index contributed by atoms with van der Waals surface area (Å²) in [5.41, 5.74) is 3.31. The minimum atomic E-state index is -0.490. The maximum absolute atomic E-state index is 12.1. The zero-order valence-electron chi connectivity index (χ0n) is 19.4. The Morgan fingerprint density at radius 3 is 2.12 bits per heavy atom. The third kappa shape index (κ3) is 4.53. The van der Waals surface area contributed by atoms with Crippen LogP contribution in [0.4, 0.5) is 15.4 Å². The molecular weight excluding hydrogens is 422 g/mol. The first kappa shape index (κ1) is 22.7. The average Bonchev–Trinajstić information content (AvgIpc) is 3.43. The molecule has 9 nitrogen and oxygen atoms in total. The van der Waals surface area contributed by atoms with Crippen LogP contribution in [0.2, 0.25) is 0 Å². The third-order valence-electron chi connectivity index (χ3n) is 5.98. The lowest BCUT2D eigenvalue weighted by Crippen LogP contribution is -2.24. The Labute approximate surface area is 193 Å². The second kappa shape index (κ2) is 9.97. The molecule has 0 radical (unpaired) electrons. The van der Waals surface area contributed by atoms with Crippen molar-refractivity contribution in [2.75, 3.05) is 31.1 Å². The second-order valence-electron chi connectivity index (χ2n) is 8.08. The summed E-state index contributed by atoms with van der Waals surface area (Å²) in [7, 11) is 0. The van der Waals surface area contributed by atoms with Gasteiger partial charge in [0.1, 0.15) is 13.2 Å². The second-order valence-corrected chi connectivity index (χ2v) is 8.08. The number of anilines is 1. The minimum absolute atomic E-state index is 0.0476. The summed E-state index contributed by atoms with van der Waals surface area (Å²) in [6.45, 7) is 8.64. The van der Waals surface area contributed by atoms with Crippen LogP contribution in [-0.2, 0) is 22.7 Å². The molecule has 2 aromatic heterocycles. The normalized spacial score (nSPS) is 13.5. The van der Waals surface area contributed by atoms with Crippen LogP contribution >= 0.6 is 0 Å². The van der Waals surface area contributed by atoms with Gasteiger partial charge in [0.25, 0.3) is 0 Å². The zero-order valence-corrected chi connectivity index (χ0v) is 19.4. The summed E-state index contributed by atoms with van der Waals surface area (Å²) in [5, 5.41) is 12.4. The number of aromatic nitrogens is 2. The number of hydrogen-bond donors (Lipinski definition) is 2. The van der Waals surface area contributed by atoms with Crippen LogP contribution in [0.25, 0.3) is 16.3 Å². The van der Waals surface area contributed by atoms with Gasteiger partial charge < -0.3 is 25.0 Å². The van der Waals surface area contributed by atoms with Gasteiger partial charge in [-0.05, 0) is 33.6 Å². The summed E-state index contributed by atoms with van der Waals surface area (Å²) in [5.74, 6) is 0.945. The van der Waals surface area contributed by atoms with Gasteiger partial charge in [-0.15, -0.1) is 5.10 Å². The Balaban J connectivity index is 1.86. The molecule has 3 aromatic rings. The van der Waals surface area contributed by atoms with Crippen molar-refractivity contribution in [2.45, 2.75) is 46.8 Å². The maximum Gasteiger partial charge on any atom is 0.407 e. The molecule has 0 saturated carbocycles. The number of carbonyl (C=O) groups is 2. The smallest absolute Gasteiger partial charge is 0.407 e. The number of nitrogens with one attached hydrogen (secondary N) is 2. The van der Waals surface area contributed by atoms with Gasteiger partial charge in [-0.25, -0.2) is 14.1 Å². The topological polar surface area (TPSA) is 97.2 Å². The van der Waals surface area contributed by atoms with Crippen molar-refractivity contribution in [3.63, 3.8) is 0 Å². The van der Waals surface area contributed by atoms with Crippen LogP contribution in [0.3, 0.4) is 0 Å². The van der Waals surface area contributed by atoms with Crippen molar-refractivity contribution in [1.29, 1.82) is 0 Å². The van der Waals surface area contributed by atoms with Crippen molar-refractivity contribution in [3.05, 3.63) is 41.1 Å². The molecule has 2 N–H and O–H groups in total. The van der Waals surface area contributed by atoms with Crippen molar-refractivity contribution in [3.8, 4) is 0 Å². The molecule has 4 rings (SSSR count). The molecule has 1 fully saturated rings. The number of carbonyl (C=O) groups excluding carboxylic acids is 2. The highest BCUT2D eigenvalue weighted by Crippen LogP contribution is 2.35. The average molecular weight is 454 g/mol. The largest absolute Gasteiger partial charge is 0.445 e. The maximum atomic E-state index is 12.1. The Kier molecular flexibility index (Phi) is 6.86. The first-order valence-electron chi connectivity index (χ1n) is 11.5. The lowest BCUT2D eigenvalue weighted by atomic mass is 10.1. The van der Waals surface area contributed by atoms with Gasteiger partial charge in [-0.2, -0.15) is 0 Å². The summed E-state index contributed by atoms with van der Waals surface area (Å²) in [6, 6.07) is 8.16. The van der Waals surface area contributed by atoms with Crippen molar-refractivity contribution in [2.24, 2.45) is 0 Å². The van der Waals surface area contributed by atoms with Crippen LogP contribution in [-0.4, -0.2) is 48.0 Å². The molecule has 0 aliphatic carbocycles. The summed E-state index contributed by atoms with van der Waals surface area (Å²) >= 11 is 0. The minimum Gasteiger partial charge on any atom is -0.445 e. The molecular formula is C24H31N5O4. The molecule has 1 saturated heterocycles. The molecule has 33 heavy (non-hydrogen) atoms. The highest BCUT2D eigenvalue weighted by Gasteiger charge is 2.25. The molecule has 9 heteroatoms. The number of aryl methyl sites for hydroxylation is 1. The Hall–Kier alpha value is -3.49. The SMILES string of the molecule is CCNC(=O)OCc1c(COC(=O)NCC)c2c3ccccc3c(N3CCCC3)nn2c1C. The van der Waals surface area contributed by atoms with E-state index in [4.69, 9.17) is 14.6 Å². The van der Waals surface area contributed by atoms with E-state index < -0.39 is 12.2 Å². The van der Waals surface area contributed by atoms with Crippen LogP contribution in [0.15, 0.2) is 24.3 Å². The molecule has 0 unspecified atom stereocenters. The molecule has 0 spiro atoms. The van der Waals surface area contributed by atoms with Crippen molar-refractivity contribution in [1.82, 2.24) is 20.2 Å². The number of nitrogens with zero attached hydrogens (tertiary/aromatic N) is 3. The molecule has 0 bridgehead atoms. The third-order valence-corrected chi connectivity index (χ3v) is 5.98. The number of alkyl carbamates (subject to hydrolysis) is 2. The Bertz CT molecular complexity index is 1170. The summed E-state index contributed by atoms with van der Waals surface area (Å²) in [6.07, 6.45) is 1.32. The fourth-order valence-corrected chi connectivity index (χ4v) is 4.40. The van der Waals surface area contributed by atoms with Gasteiger partial charge in [0.15, 0.2) is 5.82 Å². The summed E-state index contributed by atoms with van der Waals surface area (Å²) in [4.78, 5) is 26.4. The van der Waals surface area contributed by atoms with Gasteiger partial charge in [0, 0.05) is 53.8 Å². The quantitative estimate of drug-likeness (QED) is 0.563. The molecule has 1 aliphatic rings. The monoisotopic (exact) mass is 453 g/mol. The lowest BCUT2D eigenvalue weighted by molar-refractivity contribution is 0.132.